The maximum absolute atomic E-state index is 2.37. The van der Waals surface area contributed by atoms with E-state index < -0.39 is 0 Å². The third-order valence-electron chi connectivity index (χ3n) is 12.1. The van der Waals surface area contributed by atoms with Crippen LogP contribution in [0.15, 0.2) is 0 Å². The lowest BCUT2D eigenvalue weighted by Gasteiger charge is -2.24. The molecule has 0 aliphatic heterocycles. The van der Waals surface area contributed by atoms with Gasteiger partial charge in [0.2, 0.25) is 0 Å². The lowest BCUT2D eigenvalue weighted by molar-refractivity contribution is 0.261. The molecule has 2 rings (SSSR count). The van der Waals surface area contributed by atoms with Gasteiger partial charge in [-0.25, -0.2) is 0 Å². The van der Waals surface area contributed by atoms with Crippen LogP contribution in [0.25, 0.3) is 0 Å². The maximum atomic E-state index is 2.37. The summed E-state index contributed by atoms with van der Waals surface area (Å²) in [5, 5.41) is 0. The number of fused-ring (bicyclic) bond motifs is 1. The van der Waals surface area contributed by atoms with Crippen molar-refractivity contribution in [2.75, 3.05) is 0 Å². The zero-order chi connectivity index (χ0) is 31.2. The molecule has 0 N–H and O–H groups in total. The molecule has 0 nitrogen and oxygen atoms in total. The molecule has 0 heteroatoms. The fourth-order valence-electron chi connectivity index (χ4n) is 9.00. The van der Waals surface area contributed by atoms with Crippen LogP contribution in [0.4, 0.5) is 0 Å². The van der Waals surface area contributed by atoms with Gasteiger partial charge in [0.25, 0.3) is 0 Å². The Balaban J connectivity index is 1.12. The molecular weight excluding hydrogens is 528 g/mol. The maximum Gasteiger partial charge on any atom is -0.0323 e. The van der Waals surface area contributed by atoms with Gasteiger partial charge in [-0.3, -0.25) is 0 Å². The fraction of sp³-hybridized carbons (Fsp3) is 1.00. The van der Waals surface area contributed by atoms with Gasteiger partial charge in [0.15, 0.2) is 0 Å². The summed E-state index contributed by atoms with van der Waals surface area (Å²) in [5.41, 5.74) is 0. The van der Waals surface area contributed by atoms with Crippen LogP contribution in [0.3, 0.4) is 0 Å². The molecule has 262 valence electrons. The van der Waals surface area contributed by atoms with Gasteiger partial charge in [-0.05, 0) is 30.1 Å². The van der Waals surface area contributed by atoms with Crippen molar-refractivity contribution in [3.63, 3.8) is 0 Å². The number of hydrogen-bond acceptors (Lipinski definition) is 0. The summed E-state index contributed by atoms with van der Waals surface area (Å²) < 4.78 is 0. The minimum Gasteiger partial charge on any atom is -0.0654 e. The zero-order valence-electron chi connectivity index (χ0n) is 31.2. The van der Waals surface area contributed by atoms with E-state index in [1.807, 2.05) is 0 Å². The van der Waals surface area contributed by atoms with Gasteiger partial charge in [0.1, 0.15) is 0 Å². The summed E-state index contributed by atoms with van der Waals surface area (Å²) in [4.78, 5) is 0. The van der Waals surface area contributed by atoms with Crippen LogP contribution in [0.5, 0.6) is 0 Å². The molecule has 2 saturated carbocycles. The first-order valence-corrected chi connectivity index (χ1v) is 21.9. The van der Waals surface area contributed by atoms with E-state index in [0.717, 1.165) is 5.92 Å². The van der Waals surface area contributed by atoms with E-state index >= 15 is 0 Å². The molecule has 0 aromatic rings. The first kappa shape index (κ1) is 40.2. The highest BCUT2D eigenvalue weighted by atomic mass is 14.7. The van der Waals surface area contributed by atoms with E-state index in [1.54, 1.807) is 12.8 Å². The predicted octanol–water partition coefficient (Wildman–Crippen LogP) is 16.3. The van der Waals surface area contributed by atoms with Crippen molar-refractivity contribution in [1.29, 1.82) is 0 Å². The van der Waals surface area contributed by atoms with E-state index in [9.17, 15) is 0 Å². The normalized spacial score (nSPS) is 20.6. The Bertz CT molecular complexity index is 564. The van der Waals surface area contributed by atoms with Crippen LogP contribution in [-0.4, -0.2) is 0 Å². The molecule has 2 fully saturated rings. The Morgan fingerprint density at radius 2 is 0.568 bits per heavy atom. The van der Waals surface area contributed by atoms with Crippen molar-refractivity contribution < 1.29 is 0 Å². The second-order valence-electron chi connectivity index (χ2n) is 16.1. The molecule has 44 heavy (non-hydrogen) atoms. The molecule has 0 bridgehead atoms. The highest BCUT2D eigenvalue weighted by molar-refractivity contribution is 5.09. The molecule has 4 unspecified atom stereocenters. The number of rotatable bonds is 37. The van der Waals surface area contributed by atoms with Gasteiger partial charge in [0.05, 0.1) is 0 Å². The standard InChI is InChI=1S/C44H86/c1-3-5-6-7-8-9-10-11-12-13-14-15-16-17-18-19-20-21-22-23-24-25-26-27-28-29-30-31-32-33-34-35-36-37-39-41-40-43-42(38-4-2)44(41)43/h41-44H,3-40H2,1-2H3. The first-order valence-electron chi connectivity index (χ1n) is 21.9. The lowest BCUT2D eigenvalue weighted by Crippen LogP contribution is -2.15. The van der Waals surface area contributed by atoms with Gasteiger partial charge < -0.3 is 0 Å². The Hall–Kier alpha value is 0. The second kappa shape index (κ2) is 30.3. The van der Waals surface area contributed by atoms with E-state index in [2.05, 4.69) is 13.8 Å². The number of hydrogen-bond donors (Lipinski definition) is 0. The van der Waals surface area contributed by atoms with E-state index in [0.29, 0.717) is 0 Å². The monoisotopic (exact) mass is 615 g/mol. The predicted molar refractivity (Wildman–Crippen MR) is 201 cm³/mol. The molecule has 4 atom stereocenters. The average Bonchev–Trinajstić information content (AvgIpc) is 3.60. The molecule has 0 aromatic heterocycles. The fourth-order valence-corrected chi connectivity index (χ4v) is 9.00. The van der Waals surface area contributed by atoms with Crippen LogP contribution in [-0.2, 0) is 0 Å². The Morgan fingerprint density at radius 1 is 0.295 bits per heavy atom. The van der Waals surface area contributed by atoms with Crippen LogP contribution in [0.2, 0.25) is 0 Å². The summed E-state index contributed by atoms with van der Waals surface area (Å²) >= 11 is 0. The van der Waals surface area contributed by atoms with Gasteiger partial charge in [-0.1, -0.05) is 251 Å². The summed E-state index contributed by atoms with van der Waals surface area (Å²) in [6, 6.07) is 0. The minimum absolute atomic E-state index is 1.15. The Labute approximate surface area is 280 Å². The van der Waals surface area contributed by atoms with Crippen molar-refractivity contribution in [2.24, 2.45) is 23.7 Å². The van der Waals surface area contributed by atoms with E-state index in [1.165, 1.54) is 249 Å². The third-order valence-corrected chi connectivity index (χ3v) is 12.1. The van der Waals surface area contributed by atoms with Crippen molar-refractivity contribution in [3.05, 3.63) is 0 Å². The van der Waals surface area contributed by atoms with Crippen LogP contribution < -0.4 is 0 Å². The molecule has 0 radical (unpaired) electrons. The molecule has 0 spiro atoms. The second-order valence-corrected chi connectivity index (χ2v) is 16.1. The first-order chi connectivity index (χ1) is 21.9. The smallest absolute Gasteiger partial charge is 0.0323 e. The molecule has 0 aromatic carbocycles. The summed E-state index contributed by atoms with van der Waals surface area (Å²) in [7, 11) is 0. The van der Waals surface area contributed by atoms with Gasteiger partial charge >= 0.3 is 0 Å². The zero-order valence-corrected chi connectivity index (χ0v) is 31.2. The Kier molecular flexibility index (Phi) is 27.7. The SMILES string of the molecule is CCCCCCCCCCCCCCCCCCCCCCCCCCCCCCCCCCCCC1CC2C(CCC)C12. The highest BCUT2D eigenvalue weighted by Gasteiger charge is 2.60. The largest absolute Gasteiger partial charge is 0.0654 e. The van der Waals surface area contributed by atoms with E-state index in [-0.39, 0.29) is 0 Å². The molecule has 0 heterocycles. The topological polar surface area (TPSA) is 0 Å². The van der Waals surface area contributed by atoms with Crippen LogP contribution in [0, 0.1) is 23.7 Å². The van der Waals surface area contributed by atoms with Crippen molar-refractivity contribution >= 4 is 0 Å². The summed E-state index contributed by atoms with van der Waals surface area (Å²) in [5.74, 6) is 4.71. The van der Waals surface area contributed by atoms with Crippen LogP contribution >= 0.6 is 0 Å². The molecule has 0 saturated heterocycles. The van der Waals surface area contributed by atoms with E-state index in [4.69, 9.17) is 0 Å². The minimum atomic E-state index is 1.15. The summed E-state index contributed by atoms with van der Waals surface area (Å²) in [6.45, 7) is 4.68. The Morgan fingerprint density at radius 3 is 0.841 bits per heavy atom. The van der Waals surface area contributed by atoms with Crippen molar-refractivity contribution in [1.82, 2.24) is 0 Å². The van der Waals surface area contributed by atoms with Gasteiger partial charge in [0, 0.05) is 0 Å². The van der Waals surface area contributed by atoms with Crippen molar-refractivity contribution in [2.45, 2.75) is 258 Å². The number of unbranched alkanes of at least 4 members (excludes halogenated alkanes) is 33. The van der Waals surface area contributed by atoms with Crippen LogP contribution in [0.1, 0.15) is 258 Å². The molecule has 0 amide bonds. The molecular formula is C44H86. The molecule has 2 aliphatic rings. The van der Waals surface area contributed by atoms with Crippen molar-refractivity contribution in [3.8, 4) is 0 Å². The van der Waals surface area contributed by atoms with Gasteiger partial charge in [-0.15, -0.1) is 0 Å². The highest BCUT2D eigenvalue weighted by Crippen LogP contribution is 2.67. The average molecular weight is 615 g/mol. The van der Waals surface area contributed by atoms with Gasteiger partial charge in [-0.2, -0.15) is 0 Å². The third kappa shape index (κ3) is 21.7. The summed E-state index contributed by atoms with van der Waals surface area (Å²) in [6.07, 6.45) is 56.9. The molecule has 2 aliphatic carbocycles. The lowest BCUT2D eigenvalue weighted by atomic mass is 9.81. The quantitative estimate of drug-likeness (QED) is 0.0611.